The minimum atomic E-state index is -0.625. The summed E-state index contributed by atoms with van der Waals surface area (Å²) >= 11 is 0. The molecular formula is C15H18N2O3. The van der Waals surface area contributed by atoms with Crippen molar-refractivity contribution in [3.05, 3.63) is 29.3 Å². The van der Waals surface area contributed by atoms with E-state index in [1.54, 1.807) is 39.0 Å². The van der Waals surface area contributed by atoms with Crippen LogP contribution in [0.5, 0.6) is 0 Å². The molecule has 0 aliphatic rings. The predicted molar refractivity (Wildman–Crippen MR) is 77.9 cm³/mol. The lowest BCUT2D eigenvalue weighted by Crippen LogP contribution is -2.27. The Bertz CT molecular complexity index is 565. The van der Waals surface area contributed by atoms with E-state index in [-0.39, 0.29) is 12.3 Å². The van der Waals surface area contributed by atoms with Gasteiger partial charge in [0.25, 0.3) is 0 Å². The number of ether oxygens (including phenoxy) is 1. The first-order valence-corrected chi connectivity index (χ1v) is 6.06. The number of terminal acetylenes is 1. The van der Waals surface area contributed by atoms with E-state index in [1.165, 1.54) is 0 Å². The average Bonchev–Trinajstić information content (AvgIpc) is 2.36. The number of hydrogen-bond acceptors (Lipinski definition) is 4. The fraction of sp³-hybridized carbons (Fsp3) is 0.333. The number of aliphatic hydroxyl groups excluding tert-OH is 1. The van der Waals surface area contributed by atoms with Crippen LogP contribution in [0.2, 0.25) is 0 Å². The second kappa shape index (κ2) is 6.22. The highest BCUT2D eigenvalue weighted by molar-refractivity contribution is 6.15. The highest BCUT2D eigenvalue weighted by Crippen LogP contribution is 2.19. The van der Waals surface area contributed by atoms with Crippen LogP contribution in [0.25, 0.3) is 0 Å². The number of carbonyl (C=O) groups excluding carboxylic acids is 1. The third-order valence-corrected chi connectivity index (χ3v) is 2.32. The van der Waals surface area contributed by atoms with Crippen LogP contribution in [0.1, 0.15) is 31.9 Å². The zero-order chi connectivity index (χ0) is 15.3. The maximum Gasteiger partial charge on any atom is 0.412 e. The van der Waals surface area contributed by atoms with Crippen molar-refractivity contribution in [3.63, 3.8) is 0 Å². The van der Waals surface area contributed by atoms with Gasteiger partial charge in [0.15, 0.2) is 0 Å². The molecule has 0 saturated carbocycles. The van der Waals surface area contributed by atoms with Crippen molar-refractivity contribution in [2.75, 3.05) is 5.32 Å². The maximum absolute atomic E-state index is 11.7. The number of carbonyl (C=O) groups is 1. The van der Waals surface area contributed by atoms with Crippen molar-refractivity contribution < 1.29 is 14.6 Å². The molecule has 1 aromatic rings. The minimum Gasteiger partial charge on any atom is -0.444 e. The molecule has 0 aromatic heterocycles. The number of benzene rings is 1. The molecule has 3 N–H and O–H groups in total. The summed E-state index contributed by atoms with van der Waals surface area (Å²) in [6, 6.07) is 4.78. The fourth-order valence-electron chi connectivity index (χ4n) is 1.50. The van der Waals surface area contributed by atoms with Crippen molar-refractivity contribution in [1.29, 1.82) is 5.41 Å². The van der Waals surface area contributed by atoms with Crippen LogP contribution in [0, 0.1) is 17.8 Å². The zero-order valence-corrected chi connectivity index (χ0v) is 11.8. The summed E-state index contributed by atoms with van der Waals surface area (Å²) in [5, 5.41) is 19.4. The van der Waals surface area contributed by atoms with Gasteiger partial charge in [-0.15, -0.1) is 6.42 Å². The van der Waals surface area contributed by atoms with Gasteiger partial charge in [-0.05, 0) is 38.5 Å². The molecule has 1 amide bonds. The Morgan fingerprint density at radius 2 is 2.15 bits per heavy atom. The normalized spacial score (nSPS) is 10.6. The first-order chi connectivity index (χ1) is 9.26. The molecule has 20 heavy (non-hydrogen) atoms. The van der Waals surface area contributed by atoms with E-state index in [0.717, 1.165) is 0 Å². The third kappa shape index (κ3) is 4.41. The topological polar surface area (TPSA) is 82.4 Å². The zero-order valence-electron chi connectivity index (χ0n) is 11.8. The molecule has 0 fully saturated rings. The van der Waals surface area contributed by atoms with Gasteiger partial charge in [0.1, 0.15) is 11.3 Å². The number of hydrogen-bond donors (Lipinski definition) is 3. The first-order valence-electron chi connectivity index (χ1n) is 6.06. The third-order valence-electron chi connectivity index (χ3n) is 2.32. The molecular weight excluding hydrogens is 256 g/mol. The molecule has 0 spiro atoms. The Balaban J connectivity index is 3.03. The Hall–Kier alpha value is -2.32. The van der Waals surface area contributed by atoms with Crippen LogP contribution >= 0.6 is 0 Å². The van der Waals surface area contributed by atoms with Crippen LogP contribution in [0.15, 0.2) is 18.2 Å². The molecule has 0 atom stereocenters. The van der Waals surface area contributed by atoms with Gasteiger partial charge >= 0.3 is 6.09 Å². The number of aliphatic hydroxyl groups is 1. The quantitative estimate of drug-likeness (QED) is 0.585. The molecule has 1 rings (SSSR count). The van der Waals surface area contributed by atoms with E-state index in [1.807, 2.05) is 0 Å². The largest absolute Gasteiger partial charge is 0.444 e. The first kappa shape index (κ1) is 15.7. The molecule has 0 bridgehead atoms. The van der Waals surface area contributed by atoms with Gasteiger partial charge < -0.3 is 9.84 Å². The van der Waals surface area contributed by atoms with E-state index in [9.17, 15) is 4.79 Å². The Morgan fingerprint density at radius 3 is 2.65 bits per heavy atom. The number of anilines is 1. The highest BCUT2D eigenvalue weighted by atomic mass is 16.6. The molecule has 0 aliphatic heterocycles. The van der Waals surface area contributed by atoms with E-state index < -0.39 is 11.7 Å². The molecule has 0 aliphatic carbocycles. The van der Waals surface area contributed by atoms with Crippen molar-refractivity contribution in [2.24, 2.45) is 0 Å². The summed E-state index contributed by atoms with van der Waals surface area (Å²) in [5.74, 6) is 2.20. The van der Waals surface area contributed by atoms with Gasteiger partial charge in [-0.3, -0.25) is 10.7 Å². The minimum absolute atomic E-state index is 0.0774. The van der Waals surface area contributed by atoms with Crippen LogP contribution in [0.3, 0.4) is 0 Å². The Labute approximate surface area is 118 Å². The predicted octanol–water partition coefficient (Wildman–Crippen LogP) is 2.53. The second-order valence-electron chi connectivity index (χ2n) is 5.18. The van der Waals surface area contributed by atoms with Gasteiger partial charge in [0, 0.05) is 5.56 Å². The van der Waals surface area contributed by atoms with Crippen molar-refractivity contribution in [2.45, 2.75) is 33.0 Å². The Morgan fingerprint density at radius 1 is 1.50 bits per heavy atom. The lowest BCUT2D eigenvalue weighted by molar-refractivity contribution is 0.0636. The molecule has 0 unspecified atom stereocenters. The summed E-state index contributed by atoms with van der Waals surface area (Å²) < 4.78 is 5.15. The van der Waals surface area contributed by atoms with E-state index >= 15 is 0 Å². The van der Waals surface area contributed by atoms with Gasteiger partial charge in [-0.1, -0.05) is 12.0 Å². The lowest BCUT2D eigenvalue weighted by atomic mass is 10.0. The fourth-order valence-corrected chi connectivity index (χ4v) is 1.50. The molecule has 1 aromatic carbocycles. The average molecular weight is 274 g/mol. The SMILES string of the molecule is C#CC(=N)c1cc(CO)ccc1NC(=O)OC(C)(C)C. The molecule has 5 nitrogen and oxygen atoms in total. The van der Waals surface area contributed by atoms with Gasteiger partial charge in [0.2, 0.25) is 0 Å². The van der Waals surface area contributed by atoms with E-state index in [4.69, 9.17) is 21.7 Å². The van der Waals surface area contributed by atoms with Gasteiger partial charge in [-0.25, -0.2) is 4.79 Å². The molecule has 106 valence electrons. The summed E-state index contributed by atoms with van der Waals surface area (Å²) in [4.78, 5) is 11.7. The van der Waals surface area contributed by atoms with Gasteiger partial charge in [0.05, 0.1) is 12.3 Å². The molecule has 5 heteroatoms. The van der Waals surface area contributed by atoms with Gasteiger partial charge in [-0.2, -0.15) is 0 Å². The summed E-state index contributed by atoms with van der Waals surface area (Å²) in [7, 11) is 0. The van der Waals surface area contributed by atoms with Crippen LogP contribution in [-0.2, 0) is 11.3 Å². The number of rotatable bonds is 3. The van der Waals surface area contributed by atoms with E-state index in [2.05, 4.69) is 11.2 Å². The van der Waals surface area contributed by atoms with E-state index in [0.29, 0.717) is 16.8 Å². The standard InChI is InChI=1S/C15H18N2O3/c1-5-12(16)11-8-10(9-18)6-7-13(11)17-14(19)20-15(2,3)4/h1,6-8,16,18H,9H2,2-4H3,(H,17,19). The lowest BCUT2D eigenvalue weighted by Gasteiger charge is -2.20. The number of nitrogens with one attached hydrogen (secondary N) is 2. The summed E-state index contributed by atoms with van der Waals surface area (Å²) in [5.41, 5.74) is 0.653. The van der Waals surface area contributed by atoms with Crippen LogP contribution < -0.4 is 5.32 Å². The number of amides is 1. The maximum atomic E-state index is 11.7. The van der Waals surface area contributed by atoms with Crippen molar-refractivity contribution in [3.8, 4) is 12.3 Å². The van der Waals surface area contributed by atoms with Crippen molar-refractivity contribution in [1.82, 2.24) is 0 Å². The highest BCUT2D eigenvalue weighted by Gasteiger charge is 2.18. The molecule has 0 saturated heterocycles. The van der Waals surface area contributed by atoms with Crippen LogP contribution in [0.4, 0.5) is 10.5 Å². The molecule has 0 radical (unpaired) electrons. The Kier molecular flexibility index (Phi) is 4.89. The molecule has 0 heterocycles. The summed E-state index contributed by atoms with van der Waals surface area (Å²) in [6.07, 6.45) is 4.59. The summed E-state index contributed by atoms with van der Waals surface area (Å²) in [6.45, 7) is 5.10. The monoisotopic (exact) mass is 274 g/mol. The second-order valence-corrected chi connectivity index (χ2v) is 5.18. The van der Waals surface area contributed by atoms with Crippen molar-refractivity contribution >= 4 is 17.5 Å². The smallest absolute Gasteiger partial charge is 0.412 e. The van der Waals surface area contributed by atoms with Crippen LogP contribution in [-0.4, -0.2) is 22.5 Å².